The van der Waals surface area contributed by atoms with Crippen molar-refractivity contribution in [2.75, 3.05) is 0 Å². The van der Waals surface area contributed by atoms with E-state index in [4.69, 9.17) is 15.0 Å². The van der Waals surface area contributed by atoms with Crippen molar-refractivity contribution in [1.82, 2.24) is 24.1 Å². The lowest BCUT2D eigenvalue weighted by molar-refractivity contribution is 0.955. The van der Waals surface area contributed by atoms with Crippen LogP contribution in [0.15, 0.2) is 188 Å². The molecule has 0 unspecified atom stereocenters. The average molecular weight is 746 g/mol. The van der Waals surface area contributed by atoms with Crippen LogP contribution in [-0.2, 0) is 0 Å². The maximum Gasteiger partial charge on any atom is 0.238 e. The van der Waals surface area contributed by atoms with E-state index in [0.717, 1.165) is 38.6 Å². The van der Waals surface area contributed by atoms with E-state index in [1.165, 1.54) is 53.1 Å². The topological polar surface area (TPSA) is 48.5 Å². The van der Waals surface area contributed by atoms with Gasteiger partial charge in [0.15, 0.2) is 11.6 Å². The van der Waals surface area contributed by atoms with E-state index < -0.39 is 0 Å². The van der Waals surface area contributed by atoms with E-state index in [9.17, 15) is 0 Å². The predicted molar refractivity (Wildman–Crippen MR) is 238 cm³/mol. The third-order valence-electron chi connectivity index (χ3n) is 11.2. The van der Waals surface area contributed by atoms with Gasteiger partial charge in [0.05, 0.1) is 22.1 Å². The van der Waals surface area contributed by atoms with E-state index in [0.29, 0.717) is 17.6 Å². The van der Waals surface area contributed by atoms with Gasteiger partial charge in [0.1, 0.15) is 0 Å². The second-order valence-corrected chi connectivity index (χ2v) is 15.5. The van der Waals surface area contributed by atoms with Crippen molar-refractivity contribution in [3.05, 3.63) is 188 Å². The van der Waals surface area contributed by atoms with E-state index in [1.807, 2.05) is 47.7 Å². The van der Waals surface area contributed by atoms with Gasteiger partial charge < -0.3 is 4.57 Å². The molecule has 12 rings (SSSR count). The van der Waals surface area contributed by atoms with Crippen LogP contribution in [-0.4, -0.2) is 24.1 Å². The normalized spacial score (nSPS) is 11.9. The van der Waals surface area contributed by atoms with E-state index >= 15 is 0 Å². The number of fused-ring (bicyclic) bond motifs is 11. The van der Waals surface area contributed by atoms with Crippen LogP contribution in [0.5, 0.6) is 0 Å². The van der Waals surface area contributed by atoms with Crippen molar-refractivity contribution in [1.29, 1.82) is 0 Å². The smallest absolute Gasteiger partial charge is 0.238 e. The summed E-state index contributed by atoms with van der Waals surface area (Å²) in [4.78, 5) is 15.6. The fourth-order valence-electron chi connectivity index (χ4n) is 8.68. The molecule has 57 heavy (non-hydrogen) atoms. The molecule has 0 atom stereocenters. The molecule has 0 bridgehead atoms. The quantitative estimate of drug-likeness (QED) is 0.176. The number of thiophene rings is 1. The fourth-order valence-corrected chi connectivity index (χ4v) is 9.79. The Balaban J connectivity index is 1.24. The molecular weight excluding hydrogens is 715 g/mol. The maximum atomic E-state index is 5.28. The number of para-hydroxylation sites is 2. The lowest BCUT2D eigenvalue weighted by Gasteiger charge is -2.13. The minimum atomic E-state index is 0.587. The standard InChI is InChI=1S/C51H31N5S/c1-4-15-32(16-5-1)35-21-14-22-36(31-35)55-41-25-12-10-23-37(41)39-27-29-43-45(47(39)55)46-44(57-43)30-28-40-38-24-11-13-26-42(38)56(48(40)46)51-53-49(33-17-6-2-7-18-33)52-50(54-51)34-19-8-3-9-20-34/h1-31H. The summed E-state index contributed by atoms with van der Waals surface area (Å²) < 4.78 is 7.20. The van der Waals surface area contributed by atoms with Crippen LogP contribution in [0, 0.1) is 0 Å². The van der Waals surface area contributed by atoms with Gasteiger partial charge in [-0.3, -0.25) is 4.57 Å². The number of hydrogen-bond acceptors (Lipinski definition) is 4. The number of nitrogens with zero attached hydrogens (tertiary/aromatic N) is 5. The zero-order valence-electron chi connectivity index (χ0n) is 30.5. The Bertz CT molecular complexity index is 3450. The molecule has 0 aliphatic rings. The van der Waals surface area contributed by atoms with Crippen LogP contribution < -0.4 is 0 Å². The predicted octanol–water partition coefficient (Wildman–Crippen LogP) is 13.4. The monoisotopic (exact) mass is 745 g/mol. The Hall–Kier alpha value is -7.41. The summed E-state index contributed by atoms with van der Waals surface area (Å²) >= 11 is 1.84. The Morgan fingerprint density at radius 2 is 0.825 bits per heavy atom. The van der Waals surface area contributed by atoms with Gasteiger partial charge in [-0.15, -0.1) is 11.3 Å². The van der Waals surface area contributed by atoms with Crippen molar-refractivity contribution in [2.45, 2.75) is 0 Å². The van der Waals surface area contributed by atoms with Gasteiger partial charge >= 0.3 is 0 Å². The highest BCUT2D eigenvalue weighted by Crippen LogP contribution is 2.47. The van der Waals surface area contributed by atoms with Crippen molar-refractivity contribution < 1.29 is 0 Å². The van der Waals surface area contributed by atoms with Gasteiger partial charge in [-0.25, -0.2) is 4.98 Å². The molecule has 12 aromatic rings. The second kappa shape index (κ2) is 12.6. The maximum absolute atomic E-state index is 5.28. The first-order valence-corrected chi connectivity index (χ1v) is 19.9. The first-order chi connectivity index (χ1) is 28.3. The SMILES string of the molecule is c1ccc(-c2cccc(-n3c4ccccc4c4ccc5sc6ccc7c8ccccc8n(-c8nc(-c9ccccc9)nc(-c9ccccc9)n8)c7c6c5c43)c2)cc1. The Kier molecular flexibility index (Phi) is 7.03. The highest BCUT2D eigenvalue weighted by Gasteiger charge is 2.24. The molecule has 0 aliphatic carbocycles. The number of hydrogen-bond donors (Lipinski definition) is 0. The largest absolute Gasteiger partial charge is 0.309 e. The van der Waals surface area contributed by atoms with Crippen molar-refractivity contribution in [3.8, 4) is 45.5 Å². The van der Waals surface area contributed by atoms with Crippen molar-refractivity contribution >= 4 is 75.1 Å². The van der Waals surface area contributed by atoms with Gasteiger partial charge in [0, 0.05) is 58.5 Å². The number of benzene rings is 8. The molecule has 8 aromatic carbocycles. The van der Waals surface area contributed by atoms with Gasteiger partial charge in [-0.1, -0.05) is 152 Å². The molecule has 4 aromatic heterocycles. The molecule has 0 fully saturated rings. The molecule has 0 radical (unpaired) electrons. The van der Waals surface area contributed by atoms with Gasteiger partial charge in [-0.05, 0) is 47.5 Å². The third kappa shape index (κ3) is 4.91. The minimum absolute atomic E-state index is 0.587. The molecule has 5 nitrogen and oxygen atoms in total. The van der Waals surface area contributed by atoms with Crippen LogP contribution in [0.1, 0.15) is 0 Å². The van der Waals surface area contributed by atoms with Crippen LogP contribution in [0.2, 0.25) is 0 Å². The summed E-state index contributed by atoms with van der Waals surface area (Å²) in [7, 11) is 0. The molecule has 266 valence electrons. The van der Waals surface area contributed by atoms with E-state index in [1.54, 1.807) is 0 Å². The summed E-state index contributed by atoms with van der Waals surface area (Å²) in [5.74, 6) is 1.85. The van der Waals surface area contributed by atoms with Gasteiger partial charge in [0.25, 0.3) is 0 Å². The summed E-state index contributed by atoms with van der Waals surface area (Å²) in [5.41, 5.74) is 9.89. The molecule has 4 heterocycles. The van der Waals surface area contributed by atoms with E-state index in [-0.39, 0.29) is 0 Å². The third-order valence-corrected chi connectivity index (χ3v) is 12.3. The van der Waals surface area contributed by atoms with Crippen molar-refractivity contribution in [3.63, 3.8) is 0 Å². The first kappa shape index (κ1) is 31.9. The lowest BCUT2D eigenvalue weighted by atomic mass is 10.0. The molecular formula is C51H31N5S. The highest BCUT2D eigenvalue weighted by atomic mass is 32.1. The molecule has 6 heteroatoms. The lowest BCUT2D eigenvalue weighted by Crippen LogP contribution is -2.06. The number of aromatic nitrogens is 5. The number of rotatable bonds is 5. The van der Waals surface area contributed by atoms with Crippen LogP contribution in [0.4, 0.5) is 0 Å². The van der Waals surface area contributed by atoms with Gasteiger partial charge in [-0.2, -0.15) is 9.97 Å². The zero-order valence-corrected chi connectivity index (χ0v) is 31.4. The Morgan fingerprint density at radius 1 is 0.351 bits per heavy atom. The fraction of sp³-hybridized carbons (Fsp3) is 0. The zero-order chi connectivity index (χ0) is 37.5. The molecule has 0 saturated carbocycles. The molecule has 0 amide bonds. The summed E-state index contributed by atoms with van der Waals surface area (Å²) in [6.07, 6.45) is 0. The highest BCUT2D eigenvalue weighted by molar-refractivity contribution is 7.26. The Labute approximate surface area is 331 Å². The molecule has 0 aliphatic heterocycles. The van der Waals surface area contributed by atoms with Gasteiger partial charge in [0.2, 0.25) is 5.95 Å². The average Bonchev–Trinajstić information content (AvgIpc) is 3.95. The minimum Gasteiger partial charge on any atom is -0.309 e. The molecule has 0 saturated heterocycles. The van der Waals surface area contributed by atoms with Crippen LogP contribution >= 0.6 is 11.3 Å². The van der Waals surface area contributed by atoms with E-state index in [2.05, 4.69) is 161 Å². The van der Waals surface area contributed by atoms with Crippen molar-refractivity contribution in [2.24, 2.45) is 0 Å². The Morgan fingerprint density at radius 3 is 1.40 bits per heavy atom. The molecule has 0 N–H and O–H groups in total. The van der Waals surface area contributed by atoms with Crippen LogP contribution in [0.25, 0.3) is 109 Å². The molecule has 0 spiro atoms. The summed E-state index contributed by atoms with van der Waals surface area (Å²) in [6.45, 7) is 0. The summed E-state index contributed by atoms with van der Waals surface area (Å²) in [5, 5.41) is 7.18. The summed E-state index contributed by atoms with van der Waals surface area (Å²) in [6, 6.07) is 66.6. The first-order valence-electron chi connectivity index (χ1n) is 19.1. The van der Waals surface area contributed by atoms with Crippen LogP contribution in [0.3, 0.4) is 0 Å². The second-order valence-electron chi connectivity index (χ2n) is 14.4.